The number of methoxy groups -OCH3 is 1. The van der Waals surface area contributed by atoms with Gasteiger partial charge in [0.05, 0.1) is 7.11 Å². The van der Waals surface area contributed by atoms with Crippen LogP contribution in [0.1, 0.15) is 18.9 Å². The van der Waals surface area contributed by atoms with E-state index in [0.717, 1.165) is 31.8 Å². The molecule has 112 valence electrons. The Bertz CT molecular complexity index is 616. The topological polar surface area (TPSA) is 38.5 Å². The number of fused-ring (bicyclic) bond motifs is 1. The normalized spacial score (nSPS) is 23.4. The summed E-state index contributed by atoms with van der Waals surface area (Å²) in [5.74, 6) is 1.63. The Kier molecular flexibility index (Phi) is 4.13. The van der Waals surface area contributed by atoms with Gasteiger partial charge in [0, 0.05) is 31.2 Å². The summed E-state index contributed by atoms with van der Waals surface area (Å²) in [7, 11) is 1.75. The van der Waals surface area contributed by atoms with Crippen molar-refractivity contribution < 1.29 is 4.74 Å². The van der Waals surface area contributed by atoms with Crippen molar-refractivity contribution in [3.8, 4) is 5.75 Å². The van der Waals surface area contributed by atoms with Crippen molar-refractivity contribution in [2.45, 2.75) is 25.9 Å². The summed E-state index contributed by atoms with van der Waals surface area (Å²) in [6.45, 7) is 5.27. The summed E-state index contributed by atoms with van der Waals surface area (Å²) < 4.78 is 5.59. The summed E-state index contributed by atoms with van der Waals surface area (Å²) in [4.78, 5) is 2.46. The van der Waals surface area contributed by atoms with E-state index in [-0.39, 0.29) is 6.04 Å². The molecule has 3 rings (SSSR count). The molecule has 0 aromatic heterocycles. The van der Waals surface area contributed by atoms with Crippen LogP contribution >= 0.6 is 0 Å². The van der Waals surface area contributed by atoms with Crippen LogP contribution in [0, 0.1) is 5.92 Å². The fraction of sp³-hybridized carbons (Fsp3) is 0.444. The van der Waals surface area contributed by atoms with E-state index in [1.54, 1.807) is 7.11 Å². The van der Waals surface area contributed by atoms with E-state index in [2.05, 4.69) is 48.2 Å². The third-order valence-corrected chi connectivity index (χ3v) is 4.37. The maximum Gasteiger partial charge on any atom is 0.123 e. The van der Waals surface area contributed by atoms with Gasteiger partial charge < -0.3 is 10.5 Å². The average Bonchev–Trinajstić information content (AvgIpc) is 2.46. The molecule has 1 saturated heterocycles. The maximum absolute atomic E-state index is 6.18. The van der Waals surface area contributed by atoms with Crippen LogP contribution < -0.4 is 10.5 Å². The van der Waals surface area contributed by atoms with Crippen LogP contribution in [0.25, 0.3) is 10.8 Å². The van der Waals surface area contributed by atoms with E-state index in [9.17, 15) is 0 Å². The molecule has 0 saturated carbocycles. The molecule has 3 nitrogen and oxygen atoms in total. The summed E-state index contributed by atoms with van der Waals surface area (Å²) >= 11 is 0. The predicted octanol–water partition coefficient (Wildman–Crippen LogP) is 3.02. The fourth-order valence-corrected chi connectivity index (χ4v) is 3.54. The third-order valence-electron chi connectivity index (χ3n) is 4.37. The van der Waals surface area contributed by atoms with E-state index in [1.807, 2.05) is 0 Å². The monoisotopic (exact) mass is 284 g/mol. The van der Waals surface area contributed by atoms with Crippen molar-refractivity contribution >= 4 is 10.8 Å². The molecule has 0 bridgehead atoms. The second kappa shape index (κ2) is 6.04. The van der Waals surface area contributed by atoms with Gasteiger partial charge in [-0.3, -0.25) is 4.90 Å². The molecule has 21 heavy (non-hydrogen) atoms. The molecule has 2 unspecified atom stereocenters. The number of piperidine rings is 1. The van der Waals surface area contributed by atoms with Gasteiger partial charge in [0.25, 0.3) is 0 Å². The first-order chi connectivity index (χ1) is 10.2. The highest BCUT2D eigenvalue weighted by Gasteiger charge is 2.23. The molecule has 0 aliphatic carbocycles. The molecule has 1 fully saturated rings. The molecule has 2 N–H and O–H groups in total. The number of ether oxygens (including phenoxy) is 1. The Morgan fingerprint density at radius 3 is 2.76 bits per heavy atom. The standard InChI is InChI=1S/C18H24N2O/c1-13-9-15(19)11-20(10-13)12-17-16-6-4-3-5-14(16)7-8-18(17)21-2/h3-8,13,15H,9-12,19H2,1-2H3. The van der Waals surface area contributed by atoms with Crippen LogP contribution in [-0.2, 0) is 6.54 Å². The molecular formula is C18H24N2O. The quantitative estimate of drug-likeness (QED) is 0.941. The molecule has 0 radical (unpaired) electrons. The largest absolute Gasteiger partial charge is 0.496 e. The minimum atomic E-state index is 0.287. The Morgan fingerprint density at radius 2 is 2.00 bits per heavy atom. The van der Waals surface area contributed by atoms with E-state index in [1.165, 1.54) is 16.3 Å². The van der Waals surface area contributed by atoms with Crippen LogP contribution in [0.2, 0.25) is 0 Å². The van der Waals surface area contributed by atoms with Gasteiger partial charge in [0.2, 0.25) is 0 Å². The molecule has 1 aliphatic rings. The van der Waals surface area contributed by atoms with Crippen LogP contribution in [-0.4, -0.2) is 31.1 Å². The molecule has 1 aliphatic heterocycles. The predicted molar refractivity (Wildman–Crippen MR) is 87.5 cm³/mol. The van der Waals surface area contributed by atoms with Crippen LogP contribution in [0.15, 0.2) is 36.4 Å². The zero-order valence-electron chi connectivity index (χ0n) is 12.9. The van der Waals surface area contributed by atoms with Crippen LogP contribution in [0.3, 0.4) is 0 Å². The summed E-state index contributed by atoms with van der Waals surface area (Å²) in [6, 6.07) is 13.0. The second-order valence-electron chi connectivity index (χ2n) is 6.26. The Balaban J connectivity index is 1.95. The Morgan fingerprint density at radius 1 is 1.19 bits per heavy atom. The van der Waals surface area contributed by atoms with Gasteiger partial charge in [-0.25, -0.2) is 0 Å². The molecule has 2 aromatic carbocycles. The van der Waals surface area contributed by atoms with E-state index in [0.29, 0.717) is 5.92 Å². The minimum absolute atomic E-state index is 0.287. The van der Waals surface area contributed by atoms with Crippen molar-refractivity contribution in [2.24, 2.45) is 11.7 Å². The lowest BCUT2D eigenvalue weighted by molar-refractivity contribution is 0.157. The smallest absolute Gasteiger partial charge is 0.123 e. The maximum atomic E-state index is 6.18. The highest BCUT2D eigenvalue weighted by molar-refractivity contribution is 5.87. The average molecular weight is 284 g/mol. The molecule has 2 aromatic rings. The number of hydrogen-bond donors (Lipinski definition) is 1. The highest BCUT2D eigenvalue weighted by atomic mass is 16.5. The zero-order chi connectivity index (χ0) is 14.8. The first kappa shape index (κ1) is 14.4. The molecule has 2 atom stereocenters. The number of rotatable bonds is 3. The Labute approximate surface area is 126 Å². The number of nitrogens with two attached hydrogens (primary N) is 1. The SMILES string of the molecule is COc1ccc2ccccc2c1CN1CC(C)CC(N)C1. The van der Waals surface area contributed by atoms with Crippen molar-refractivity contribution in [3.05, 3.63) is 42.0 Å². The minimum Gasteiger partial charge on any atom is -0.496 e. The number of likely N-dealkylation sites (tertiary alicyclic amines) is 1. The lowest BCUT2D eigenvalue weighted by Crippen LogP contribution is -2.45. The summed E-state index contributed by atoms with van der Waals surface area (Å²) in [6.07, 6.45) is 1.13. The highest BCUT2D eigenvalue weighted by Crippen LogP contribution is 2.30. The van der Waals surface area contributed by atoms with Gasteiger partial charge in [-0.05, 0) is 29.2 Å². The summed E-state index contributed by atoms with van der Waals surface area (Å²) in [5.41, 5.74) is 7.45. The van der Waals surface area contributed by atoms with Gasteiger partial charge in [-0.2, -0.15) is 0 Å². The number of benzene rings is 2. The van der Waals surface area contributed by atoms with Crippen LogP contribution in [0.5, 0.6) is 5.75 Å². The van der Waals surface area contributed by atoms with E-state index in [4.69, 9.17) is 10.5 Å². The van der Waals surface area contributed by atoms with Gasteiger partial charge in [0.1, 0.15) is 5.75 Å². The second-order valence-corrected chi connectivity index (χ2v) is 6.26. The molecule has 1 heterocycles. The van der Waals surface area contributed by atoms with Gasteiger partial charge >= 0.3 is 0 Å². The zero-order valence-corrected chi connectivity index (χ0v) is 12.9. The van der Waals surface area contributed by atoms with Gasteiger partial charge in [-0.15, -0.1) is 0 Å². The first-order valence-corrected chi connectivity index (χ1v) is 7.70. The van der Waals surface area contributed by atoms with Crippen molar-refractivity contribution in [1.82, 2.24) is 4.90 Å². The molecule has 0 amide bonds. The van der Waals surface area contributed by atoms with Gasteiger partial charge in [-0.1, -0.05) is 37.3 Å². The van der Waals surface area contributed by atoms with Gasteiger partial charge in [0.15, 0.2) is 0 Å². The number of hydrogen-bond acceptors (Lipinski definition) is 3. The molecule has 0 spiro atoms. The molecule has 3 heteroatoms. The summed E-state index contributed by atoms with van der Waals surface area (Å²) in [5, 5.41) is 2.55. The van der Waals surface area contributed by atoms with Crippen molar-refractivity contribution in [1.29, 1.82) is 0 Å². The van der Waals surface area contributed by atoms with Crippen molar-refractivity contribution in [2.75, 3.05) is 20.2 Å². The third kappa shape index (κ3) is 3.04. The lowest BCUT2D eigenvalue weighted by atomic mass is 9.95. The lowest BCUT2D eigenvalue weighted by Gasteiger charge is -2.35. The number of nitrogens with zero attached hydrogens (tertiary/aromatic N) is 1. The van der Waals surface area contributed by atoms with Crippen LogP contribution in [0.4, 0.5) is 0 Å². The first-order valence-electron chi connectivity index (χ1n) is 7.70. The molecular weight excluding hydrogens is 260 g/mol. The Hall–Kier alpha value is -1.58. The van der Waals surface area contributed by atoms with E-state index >= 15 is 0 Å². The van der Waals surface area contributed by atoms with Crippen molar-refractivity contribution in [3.63, 3.8) is 0 Å². The fourth-order valence-electron chi connectivity index (χ4n) is 3.54. The van der Waals surface area contributed by atoms with E-state index < -0.39 is 0 Å².